The fourth-order valence-electron chi connectivity index (χ4n) is 2.59. The van der Waals surface area contributed by atoms with Crippen LogP contribution in [0.15, 0.2) is 28.7 Å². The molecule has 1 rings (SSSR count). The van der Waals surface area contributed by atoms with Gasteiger partial charge in [0.15, 0.2) is 0 Å². The molecule has 108 valence electrons. The maximum absolute atomic E-state index is 3.71. The first-order valence-electron chi connectivity index (χ1n) is 7.63. The van der Waals surface area contributed by atoms with Gasteiger partial charge in [0.2, 0.25) is 0 Å². The average molecular weight is 326 g/mol. The first-order valence-corrected chi connectivity index (χ1v) is 8.42. The Morgan fingerprint density at radius 3 is 2.37 bits per heavy atom. The Kier molecular flexibility index (Phi) is 8.40. The van der Waals surface area contributed by atoms with Crippen molar-refractivity contribution in [1.29, 1.82) is 0 Å². The molecule has 0 aliphatic rings. The molecular formula is C17H28BrN. The highest BCUT2D eigenvalue weighted by Crippen LogP contribution is 2.17. The second kappa shape index (κ2) is 9.55. The fraction of sp³-hybridized carbons (Fsp3) is 0.647. The van der Waals surface area contributed by atoms with Crippen molar-refractivity contribution < 1.29 is 0 Å². The molecule has 2 heteroatoms. The van der Waals surface area contributed by atoms with Crippen molar-refractivity contribution in [2.75, 3.05) is 6.54 Å². The van der Waals surface area contributed by atoms with Crippen LogP contribution in [-0.2, 0) is 6.42 Å². The van der Waals surface area contributed by atoms with Crippen molar-refractivity contribution in [2.24, 2.45) is 5.92 Å². The van der Waals surface area contributed by atoms with Crippen LogP contribution in [0.3, 0.4) is 0 Å². The first kappa shape index (κ1) is 16.7. The predicted octanol–water partition coefficient (Wildman–Crippen LogP) is 5.19. The summed E-state index contributed by atoms with van der Waals surface area (Å²) in [7, 11) is 0. The van der Waals surface area contributed by atoms with Crippen LogP contribution in [0.5, 0.6) is 0 Å². The van der Waals surface area contributed by atoms with Crippen LogP contribution in [0.4, 0.5) is 0 Å². The summed E-state index contributed by atoms with van der Waals surface area (Å²) >= 11 is 3.50. The van der Waals surface area contributed by atoms with E-state index in [-0.39, 0.29) is 0 Å². The average Bonchev–Trinajstić information content (AvgIpc) is 2.39. The minimum atomic E-state index is 0.614. The molecule has 1 N–H and O–H groups in total. The SMILES string of the molecule is CCCNC(Cc1ccc(Br)cc1)CC(C)CCC. The van der Waals surface area contributed by atoms with Gasteiger partial charge in [-0.1, -0.05) is 61.7 Å². The zero-order chi connectivity index (χ0) is 14.1. The Morgan fingerprint density at radius 2 is 1.79 bits per heavy atom. The van der Waals surface area contributed by atoms with E-state index in [0.29, 0.717) is 6.04 Å². The van der Waals surface area contributed by atoms with E-state index in [2.05, 4.69) is 66.3 Å². The van der Waals surface area contributed by atoms with Crippen molar-refractivity contribution in [3.63, 3.8) is 0 Å². The molecule has 0 aliphatic carbocycles. The summed E-state index contributed by atoms with van der Waals surface area (Å²) in [4.78, 5) is 0. The molecule has 0 saturated heterocycles. The first-order chi connectivity index (χ1) is 9.15. The van der Waals surface area contributed by atoms with Crippen LogP contribution in [0.1, 0.15) is 52.0 Å². The lowest BCUT2D eigenvalue weighted by atomic mass is 9.93. The molecule has 0 radical (unpaired) electrons. The van der Waals surface area contributed by atoms with Gasteiger partial charge in [-0.3, -0.25) is 0 Å². The molecule has 2 unspecified atom stereocenters. The van der Waals surface area contributed by atoms with Crippen LogP contribution in [0.25, 0.3) is 0 Å². The van der Waals surface area contributed by atoms with E-state index in [4.69, 9.17) is 0 Å². The molecule has 0 amide bonds. The Hall–Kier alpha value is -0.340. The molecule has 0 bridgehead atoms. The minimum Gasteiger partial charge on any atom is -0.314 e. The van der Waals surface area contributed by atoms with Crippen LogP contribution in [0, 0.1) is 5.92 Å². The summed E-state index contributed by atoms with van der Waals surface area (Å²) in [6.07, 6.45) is 6.26. The highest BCUT2D eigenvalue weighted by atomic mass is 79.9. The minimum absolute atomic E-state index is 0.614. The van der Waals surface area contributed by atoms with Crippen molar-refractivity contribution in [3.8, 4) is 0 Å². The lowest BCUT2D eigenvalue weighted by Crippen LogP contribution is -2.33. The summed E-state index contributed by atoms with van der Waals surface area (Å²) in [5.74, 6) is 0.815. The van der Waals surface area contributed by atoms with Crippen LogP contribution >= 0.6 is 15.9 Å². The Morgan fingerprint density at radius 1 is 1.11 bits per heavy atom. The number of rotatable bonds is 9. The lowest BCUT2D eigenvalue weighted by Gasteiger charge is -2.22. The topological polar surface area (TPSA) is 12.0 Å². The lowest BCUT2D eigenvalue weighted by molar-refractivity contribution is 0.380. The quantitative estimate of drug-likeness (QED) is 0.659. The summed E-state index contributed by atoms with van der Waals surface area (Å²) in [6.45, 7) is 8.02. The number of benzene rings is 1. The van der Waals surface area contributed by atoms with Crippen LogP contribution in [0.2, 0.25) is 0 Å². The van der Waals surface area contributed by atoms with Gasteiger partial charge < -0.3 is 5.32 Å². The summed E-state index contributed by atoms with van der Waals surface area (Å²) < 4.78 is 1.16. The highest BCUT2D eigenvalue weighted by molar-refractivity contribution is 9.10. The van der Waals surface area contributed by atoms with Crippen molar-refractivity contribution >= 4 is 15.9 Å². The van der Waals surface area contributed by atoms with Crippen LogP contribution in [-0.4, -0.2) is 12.6 Å². The smallest absolute Gasteiger partial charge is 0.0175 e. The number of hydrogen-bond donors (Lipinski definition) is 1. The summed E-state index contributed by atoms with van der Waals surface area (Å²) in [5, 5.41) is 3.71. The monoisotopic (exact) mass is 325 g/mol. The van der Waals surface area contributed by atoms with Crippen LogP contribution < -0.4 is 5.32 Å². The van der Waals surface area contributed by atoms with Gasteiger partial charge in [-0.15, -0.1) is 0 Å². The van der Waals surface area contributed by atoms with Gasteiger partial charge in [-0.05, 0) is 49.4 Å². The van der Waals surface area contributed by atoms with Gasteiger partial charge >= 0.3 is 0 Å². The second-order valence-electron chi connectivity index (χ2n) is 5.61. The Bertz CT molecular complexity index is 334. The van der Waals surface area contributed by atoms with Crippen molar-refractivity contribution in [2.45, 2.75) is 58.9 Å². The molecule has 0 saturated carbocycles. The normalized spacial score (nSPS) is 14.3. The van der Waals surface area contributed by atoms with E-state index < -0.39 is 0 Å². The number of hydrogen-bond acceptors (Lipinski definition) is 1. The van der Waals surface area contributed by atoms with E-state index in [9.17, 15) is 0 Å². The van der Waals surface area contributed by atoms with Gasteiger partial charge in [-0.25, -0.2) is 0 Å². The summed E-state index contributed by atoms with van der Waals surface area (Å²) in [6, 6.07) is 9.36. The largest absolute Gasteiger partial charge is 0.314 e. The number of halogens is 1. The maximum Gasteiger partial charge on any atom is 0.0175 e. The standard InChI is InChI=1S/C17H28BrN/c1-4-6-14(3)12-17(19-11-5-2)13-15-7-9-16(18)10-8-15/h7-10,14,17,19H,4-6,11-13H2,1-3H3. The molecule has 19 heavy (non-hydrogen) atoms. The highest BCUT2D eigenvalue weighted by Gasteiger charge is 2.12. The van der Waals surface area contributed by atoms with Gasteiger partial charge in [0, 0.05) is 10.5 Å². The molecule has 0 spiro atoms. The summed E-state index contributed by atoms with van der Waals surface area (Å²) in [5.41, 5.74) is 1.43. The Labute approximate surface area is 127 Å². The third-order valence-electron chi connectivity index (χ3n) is 3.55. The molecule has 1 aromatic rings. The van der Waals surface area contributed by atoms with Gasteiger partial charge in [0.25, 0.3) is 0 Å². The zero-order valence-corrected chi connectivity index (χ0v) is 14.2. The van der Waals surface area contributed by atoms with Gasteiger partial charge in [0.05, 0.1) is 0 Å². The van der Waals surface area contributed by atoms with Crippen molar-refractivity contribution in [1.82, 2.24) is 5.32 Å². The molecule has 2 atom stereocenters. The predicted molar refractivity (Wildman–Crippen MR) is 88.6 cm³/mol. The third kappa shape index (κ3) is 7.12. The van der Waals surface area contributed by atoms with E-state index in [1.807, 2.05) is 0 Å². The number of nitrogens with one attached hydrogen (secondary N) is 1. The molecule has 0 fully saturated rings. The molecular weight excluding hydrogens is 298 g/mol. The van der Waals surface area contributed by atoms with E-state index in [0.717, 1.165) is 23.4 Å². The molecule has 1 nitrogen and oxygen atoms in total. The van der Waals surface area contributed by atoms with Gasteiger partial charge in [-0.2, -0.15) is 0 Å². The van der Waals surface area contributed by atoms with E-state index >= 15 is 0 Å². The molecule has 1 aromatic carbocycles. The maximum atomic E-state index is 3.71. The van der Waals surface area contributed by atoms with Gasteiger partial charge in [0.1, 0.15) is 0 Å². The second-order valence-corrected chi connectivity index (χ2v) is 6.53. The fourth-order valence-corrected chi connectivity index (χ4v) is 2.85. The van der Waals surface area contributed by atoms with E-state index in [1.54, 1.807) is 0 Å². The van der Waals surface area contributed by atoms with Crippen molar-refractivity contribution in [3.05, 3.63) is 34.3 Å². The molecule has 0 aromatic heterocycles. The third-order valence-corrected chi connectivity index (χ3v) is 4.08. The Balaban J connectivity index is 2.54. The molecule has 0 aliphatic heterocycles. The zero-order valence-electron chi connectivity index (χ0n) is 12.6. The molecule has 0 heterocycles. The van der Waals surface area contributed by atoms with E-state index in [1.165, 1.54) is 31.2 Å².